The minimum atomic E-state index is -0.0834. The van der Waals surface area contributed by atoms with Crippen molar-refractivity contribution < 1.29 is 4.79 Å². The molecule has 0 atom stereocenters. The number of carbonyl (C=O) groups is 1. The lowest BCUT2D eigenvalue weighted by Gasteiger charge is -2.16. The summed E-state index contributed by atoms with van der Waals surface area (Å²) in [5.74, 6) is -0.0624. The number of hydrogen-bond acceptors (Lipinski definition) is 1. The molecule has 0 spiro atoms. The molecule has 0 N–H and O–H groups in total. The predicted octanol–water partition coefficient (Wildman–Crippen LogP) is 2.84. The Morgan fingerprint density at radius 3 is 2.40 bits per heavy atom. The van der Waals surface area contributed by atoms with E-state index in [1.807, 2.05) is 12.1 Å². The van der Waals surface area contributed by atoms with Gasteiger partial charge in [-0.25, -0.2) is 0 Å². The molecular formula is C12H16ClNO. The Balaban J connectivity index is 2.75. The predicted molar refractivity (Wildman–Crippen MR) is 64.6 cm³/mol. The van der Waals surface area contributed by atoms with E-state index >= 15 is 0 Å². The molecule has 0 radical (unpaired) electrons. The summed E-state index contributed by atoms with van der Waals surface area (Å²) in [6, 6.07) is 8.01. The van der Waals surface area contributed by atoms with Crippen LogP contribution in [0.4, 0.5) is 5.69 Å². The highest BCUT2D eigenvalue weighted by molar-refractivity contribution is 6.29. The molecule has 0 aliphatic rings. The van der Waals surface area contributed by atoms with Gasteiger partial charge in [-0.2, -0.15) is 0 Å². The lowest BCUT2D eigenvalue weighted by Crippen LogP contribution is -2.27. The van der Waals surface area contributed by atoms with E-state index in [1.165, 1.54) is 5.56 Å². The zero-order valence-electron chi connectivity index (χ0n) is 9.16. The Morgan fingerprint density at radius 1 is 1.33 bits per heavy atom. The minimum Gasteiger partial charge on any atom is -0.314 e. The van der Waals surface area contributed by atoms with Crippen LogP contribution in [0, 0.1) is 0 Å². The SMILES string of the molecule is CCCc1ccc(N(C)C(=O)CCl)cc1. The van der Waals surface area contributed by atoms with E-state index in [9.17, 15) is 4.79 Å². The molecule has 0 unspecified atom stereocenters. The number of rotatable bonds is 4. The minimum absolute atomic E-state index is 0.0210. The summed E-state index contributed by atoms with van der Waals surface area (Å²) < 4.78 is 0. The van der Waals surface area contributed by atoms with Gasteiger partial charge in [0.15, 0.2) is 0 Å². The van der Waals surface area contributed by atoms with Crippen molar-refractivity contribution in [3.63, 3.8) is 0 Å². The van der Waals surface area contributed by atoms with E-state index in [1.54, 1.807) is 11.9 Å². The lowest BCUT2D eigenvalue weighted by molar-refractivity contribution is -0.116. The summed E-state index contributed by atoms with van der Waals surface area (Å²) in [5, 5.41) is 0. The maximum absolute atomic E-state index is 11.3. The third-order valence-electron chi connectivity index (χ3n) is 2.35. The van der Waals surface area contributed by atoms with Crippen molar-refractivity contribution in [2.75, 3.05) is 17.8 Å². The molecule has 15 heavy (non-hydrogen) atoms. The van der Waals surface area contributed by atoms with Crippen LogP contribution in [0.15, 0.2) is 24.3 Å². The van der Waals surface area contributed by atoms with Crippen LogP contribution in [0.5, 0.6) is 0 Å². The average molecular weight is 226 g/mol. The first-order valence-corrected chi connectivity index (χ1v) is 5.64. The van der Waals surface area contributed by atoms with Gasteiger partial charge in [-0.05, 0) is 24.1 Å². The van der Waals surface area contributed by atoms with Gasteiger partial charge in [0.05, 0.1) is 0 Å². The Kier molecular flexibility index (Phi) is 4.63. The van der Waals surface area contributed by atoms with Crippen LogP contribution < -0.4 is 4.90 Å². The van der Waals surface area contributed by atoms with Crippen LogP contribution in [0.25, 0.3) is 0 Å². The molecule has 0 aromatic heterocycles. The number of anilines is 1. The number of halogens is 1. The van der Waals surface area contributed by atoms with Crippen LogP contribution in [0.3, 0.4) is 0 Å². The van der Waals surface area contributed by atoms with Crippen LogP contribution in [0.1, 0.15) is 18.9 Å². The highest BCUT2D eigenvalue weighted by Gasteiger charge is 2.08. The second-order valence-electron chi connectivity index (χ2n) is 3.50. The van der Waals surface area contributed by atoms with E-state index in [0.717, 1.165) is 18.5 Å². The van der Waals surface area contributed by atoms with Crippen molar-refractivity contribution in [1.82, 2.24) is 0 Å². The first kappa shape index (κ1) is 12.1. The van der Waals surface area contributed by atoms with E-state index in [0.29, 0.717) is 0 Å². The number of amides is 1. The van der Waals surface area contributed by atoms with Crippen molar-refractivity contribution >= 4 is 23.2 Å². The molecule has 2 nitrogen and oxygen atoms in total. The van der Waals surface area contributed by atoms with Gasteiger partial charge in [0, 0.05) is 12.7 Å². The van der Waals surface area contributed by atoms with Crippen LogP contribution in [-0.4, -0.2) is 18.8 Å². The normalized spacial score (nSPS) is 10.1. The fourth-order valence-electron chi connectivity index (χ4n) is 1.41. The fourth-order valence-corrected chi connectivity index (χ4v) is 1.59. The van der Waals surface area contributed by atoms with E-state index in [-0.39, 0.29) is 11.8 Å². The van der Waals surface area contributed by atoms with Gasteiger partial charge in [0.2, 0.25) is 5.91 Å². The summed E-state index contributed by atoms with van der Waals surface area (Å²) >= 11 is 5.49. The Labute approximate surface area is 95.8 Å². The number of alkyl halides is 1. The molecule has 0 bridgehead atoms. The molecule has 1 rings (SSSR count). The van der Waals surface area contributed by atoms with Crippen molar-refractivity contribution in [1.29, 1.82) is 0 Å². The standard InChI is InChI=1S/C12H16ClNO/c1-3-4-10-5-7-11(8-6-10)14(2)12(15)9-13/h5-8H,3-4,9H2,1-2H3. The average Bonchev–Trinajstić information content (AvgIpc) is 2.28. The highest BCUT2D eigenvalue weighted by atomic mass is 35.5. The molecule has 0 heterocycles. The van der Waals surface area contributed by atoms with E-state index < -0.39 is 0 Å². The van der Waals surface area contributed by atoms with Crippen LogP contribution in [-0.2, 0) is 11.2 Å². The molecule has 0 saturated heterocycles. The number of nitrogens with zero attached hydrogens (tertiary/aromatic N) is 1. The number of aryl methyl sites for hydroxylation is 1. The largest absolute Gasteiger partial charge is 0.314 e. The third-order valence-corrected chi connectivity index (χ3v) is 2.58. The fraction of sp³-hybridized carbons (Fsp3) is 0.417. The zero-order chi connectivity index (χ0) is 11.3. The summed E-state index contributed by atoms with van der Waals surface area (Å²) in [4.78, 5) is 12.9. The smallest absolute Gasteiger partial charge is 0.241 e. The molecule has 82 valence electrons. The second-order valence-corrected chi connectivity index (χ2v) is 3.77. The van der Waals surface area contributed by atoms with Crippen LogP contribution in [0.2, 0.25) is 0 Å². The van der Waals surface area contributed by atoms with Crippen molar-refractivity contribution in [2.45, 2.75) is 19.8 Å². The molecule has 1 aromatic carbocycles. The van der Waals surface area contributed by atoms with Crippen molar-refractivity contribution in [3.05, 3.63) is 29.8 Å². The Bertz CT molecular complexity index is 321. The van der Waals surface area contributed by atoms with E-state index in [2.05, 4.69) is 19.1 Å². The maximum Gasteiger partial charge on any atom is 0.241 e. The molecule has 0 saturated carbocycles. The summed E-state index contributed by atoms with van der Waals surface area (Å²) in [5.41, 5.74) is 2.19. The van der Waals surface area contributed by atoms with Gasteiger partial charge < -0.3 is 4.90 Å². The molecule has 1 amide bonds. The van der Waals surface area contributed by atoms with Gasteiger partial charge in [-0.15, -0.1) is 11.6 Å². The second kappa shape index (κ2) is 5.76. The quantitative estimate of drug-likeness (QED) is 0.722. The first-order chi connectivity index (χ1) is 7.19. The first-order valence-electron chi connectivity index (χ1n) is 5.10. The number of carbonyl (C=O) groups excluding carboxylic acids is 1. The van der Waals surface area contributed by atoms with Gasteiger partial charge >= 0.3 is 0 Å². The molecule has 0 aliphatic heterocycles. The van der Waals surface area contributed by atoms with Gasteiger partial charge in [0.1, 0.15) is 5.88 Å². The summed E-state index contributed by atoms with van der Waals surface area (Å²) in [6.07, 6.45) is 2.21. The van der Waals surface area contributed by atoms with Gasteiger partial charge in [0.25, 0.3) is 0 Å². The molecule has 0 aliphatic carbocycles. The van der Waals surface area contributed by atoms with E-state index in [4.69, 9.17) is 11.6 Å². The maximum atomic E-state index is 11.3. The number of hydrogen-bond donors (Lipinski definition) is 0. The molecule has 0 fully saturated rings. The number of benzene rings is 1. The molecular weight excluding hydrogens is 210 g/mol. The zero-order valence-corrected chi connectivity index (χ0v) is 9.92. The lowest BCUT2D eigenvalue weighted by atomic mass is 10.1. The van der Waals surface area contributed by atoms with Crippen LogP contribution >= 0.6 is 11.6 Å². The highest BCUT2D eigenvalue weighted by Crippen LogP contribution is 2.15. The van der Waals surface area contributed by atoms with Crippen molar-refractivity contribution in [3.8, 4) is 0 Å². The monoisotopic (exact) mass is 225 g/mol. The topological polar surface area (TPSA) is 20.3 Å². The van der Waals surface area contributed by atoms with Gasteiger partial charge in [-0.1, -0.05) is 25.5 Å². The summed E-state index contributed by atoms with van der Waals surface area (Å²) in [6.45, 7) is 2.15. The Morgan fingerprint density at radius 2 is 1.93 bits per heavy atom. The van der Waals surface area contributed by atoms with Crippen molar-refractivity contribution in [2.24, 2.45) is 0 Å². The third kappa shape index (κ3) is 3.24. The Hall–Kier alpha value is -1.02. The summed E-state index contributed by atoms with van der Waals surface area (Å²) in [7, 11) is 1.74. The molecule has 3 heteroatoms. The van der Waals surface area contributed by atoms with Gasteiger partial charge in [-0.3, -0.25) is 4.79 Å². The molecule has 1 aromatic rings.